The molecule has 2 amide bonds. The van der Waals surface area contributed by atoms with Crippen molar-refractivity contribution in [3.8, 4) is 34.5 Å². The molecule has 5 aliphatic heterocycles. The third-order valence-electron chi connectivity index (χ3n) is 17.5. The molecule has 27 nitrogen and oxygen atoms in total. The quantitative estimate of drug-likeness (QED) is 0.0379. The van der Waals surface area contributed by atoms with E-state index in [1.807, 2.05) is 13.8 Å². The standard InChI is InChI=1S/C36H52N2O14.C30H41N3O8/c1-5-23-24(19-30(41)38(11-13-46-2)12-14-47-3)31(25(40)20-27(23)51-36-35(45)34(44)33(43)29(21-39)52-36)32(42)22-6-7-26(28(18-22)48-4)50-17-10-37-8-15-49-16-9-37;1-17(2)21-11-22(23(35)12-24(21)40-30-28(38)27(37)26(36)25(16-34)41-30)29(39)33-14-19-5-4-18(10-20(19)15-33)13-32-8-6-31(3)7-9-32/h6-7,18,20,29,33-36,39-40,43-45H,5,8-17,19,21H2,1-4H3;4-5,10-12,17,25-28,30,34-38H,6-9,13-16H2,1-3H3/t29-,33+,34+,35-,36-;25-,26+,27+,28-,30-/m11/s1. The lowest BCUT2D eigenvalue weighted by Crippen LogP contribution is -2.60. The molecule has 4 fully saturated rings. The maximum atomic E-state index is 14.3. The van der Waals surface area contributed by atoms with E-state index in [4.69, 9.17) is 42.6 Å². The van der Waals surface area contributed by atoms with Gasteiger partial charge in [0.2, 0.25) is 18.5 Å². The molecule has 514 valence electrons. The Balaban J connectivity index is 0.000000245. The van der Waals surface area contributed by atoms with E-state index >= 15 is 0 Å². The van der Waals surface area contributed by atoms with E-state index in [0.717, 1.165) is 56.9 Å². The number of nitrogens with zero attached hydrogens (tertiary/aromatic N) is 5. The molecule has 27 heteroatoms. The summed E-state index contributed by atoms with van der Waals surface area (Å²) in [6.07, 6.45) is -15.3. The van der Waals surface area contributed by atoms with Crippen LogP contribution in [0.4, 0.5) is 0 Å². The third-order valence-corrected chi connectivity index (χ3v) is 17.5. The number of benzene rings is 4. The van der Waals surface area contributed by atoms with Crippen molar-refractivity contribution in [1.82, 2.24) is 24.5 Å². The van der Waals surface area contributed by atoms with Crippen molar-refractivity contribution in [3.05, 3.63) is 105 Å². The summed E-state index contributed by atoms with van der Waals surface area (Å²) in [4.78, 5) is 52.0. The van der Waals surface area contributed by atoms with Gasteiger partial charge in [-0.3, -0.25) is 24.2 Å². The van der Waals surface area contributed by atoms with Gasteiger partial charge in [-0.1, -0.05) is 39.0 Å². The molecule has 9 rings (SSSR count). The van der Waals surface area contributed by atoms with Gasteiger partial charge in [-0.25, -0.2) is 0 Å². The fraction of sp³-hybridized carbons (Fsp3) is 0.591. The number of hydrogen-bond donors (Lipinski definition) is 10. The summed E-state index contributed by atoms with van der Waals surface area (Å²) in [7, 11) is 6.62. The first-order valence-electron chi connectivity index (χ1n) is 31.5. The van der Waals surface area contributed by atoms with Crippen LogP contribution >= 0.6 is 0 Å². The van der Waals surface area contributed by atoms with Crippen LogP contribution in [0.5, 0.6) is 34.5 Å². The number of piperazine rings is 1. The molecule has 0 saturated carbocycles. The molecule has 5 aliphatic rings. The van der Waals surface area contributed by atoms with Gasteiger partial charge in [0, 0.05) is 110 Å². The zero-order valence-corrected chi connectivity index (χ0v) is 54.0. The number of aliphatic hydroxyl groups is 8. The fourth-order valence-electron chi connectivity index (χ4n) is 11.9. The number of likely N-dealkylation sites (N-methyl/N-ethyl adjacent to an activating group) is 1. The fourth-order valence-corrected chi connectivity index (χ4v) is 11.9. The van der Waals surface area contributed by atoms with E-state index in [9.17, 15) is 65.4 Å². The van der Waals surface area contributed by atoms with Gasteiger partial charge in [0.1, 0.15) is 78.4 Å². The molecule has 0 aromatic heterocycles. The molecular formula is C66H93N5O22. The lowest BCUT2D eigenvalue weighted by molar-refractivity contribution is -0.277. The minimum absolute atomic E-state index is 0.0365. The molecule has 0 spiro atoms. The summed E-state index contributed by atoms with van der Waals surface area (Å²) in [5.74, 6) is -1.38. The Hall–Kier alpha value is -6.35. The number of fused-ring (bicyclic) bond motifs is 1. The largest absolute Gasteiger partial charge is 0.507 e. The minimum Gasteiger partial charge on any atom is -0.507 e. The average molecular weight is 1310 g/mol. The summed E-state index contributed by atoms with van der Waals surface area (Å²) >= 11 is 0. The molecule has 0 bridgehead atoms. The van der Waals surface area contributed by atoms with E-state index in [2.05, 4.69) is 39.9 Å². The number of methoxy groups -OCH3 is 3. The normalized spacial score (nSPS) is 24.5. The van der Waals surface area contributed by atoms with Crippen LogP contribution in [0, 0.1) is 0 Å². The number of carbonyl (C=O) groups is 3. The number of ether oxygens (including phenoxy) is 9. The molecule has 4 saturated heterocycles. The summed E-state index contributed by atoms with van der Waals surface area (Å²) < 4.78 is 50.2. The second-order valence-electron chi connectivity index (χ2n) is 24.2. The highest BCUT2D eigenvalue weighted by molar-refractivity contribution is 6.13. The maximum Gasteiger partial charge on any atom is 0.258 e. The highest BCUT2D eigenvalue weighted by atomic mass is 16.7. The third kappa shape index (κ3) is 17.8. The number of morpholine rings is 1. The molecule has 4 aromatic carbocycles. The molecule has 5 heterocycles. The van der Waals surface area contributed by atoms with Gasteiger partial charge in [-0.2, -0.15) is 0 Å². The molecule has 10 atom stereocenters. The zero-order chi connectivity index (χ0) is 67.2. The number of rotatable bonds is 26. The highest BCUT2D eigenvalue weighted by Gasteiger charge is 2.47. The van der Waals surface area contributed by atoms with Gasteiger partial charge in [0.25, 0.3) is 5.91 Å². The number of carbonyl (C=O) groups excluding carboxylic acids is 3. The topological polar surface area (TPSA) is 353 Å². The van der Waals surface area contributed by atoms with E-state index < -0.39 is 86.2 Å². The van der Waals surface area contributed by atoms with Gasteiger partial charge in [-0.05, 0) is 77.0 Å². The van der Waals surface area contributed by atoms with Crippen molar-refractivity contribution in [2.45, 2.75) is 121 Å². The predicted octanol–water partition coefficient (Wildman–Crippen LogP) is 0.346. The Labute approximate surface area is 541 Å². The van der Waals surface area contributed by atoms with Crippen molar-refractivity contribution in [2.75, 3.05) is 134 Å². The Bertz CT molecular complexity index is 3110. The number of aliphatic hydroxyl groups excluding tert-OH is 8. The second kappa shape index (κ2) is 33.9. The van der Waals surface area contributed by atoms with Gasteiger partial charge in [0.05, 0.1) is 64.3 Å². The van der Waals surface area contributed by atoms with Crippen LogP contribution < -0.4 is 18.9 Å². The number of aromatic hydroxyl groups is 2. The van der Waals surface area contributed by atoms with Crippen molar-refractivity contribution < 1.29 is 108 Å². The van der Waals surface area contributed by atoms with Crippen LogP contribution in [0.2, 0.25) is 0 Å². The molecule has 0 aliphatic carbocycles. The van der Waals surface area contributed by atoms with Crippen molar-refractivity contribution in [2.24, 2.45) is 0 Å². The summed E-state index contributed by atoms with van der Waals surface area (Å²) in [5, 5.41) is 103. The lowest BCUT2D eigenvalue weighted by atomic mass is 9.89. The predicted molar refractivity (Wildman–Crippen MR) is 334 cm³/mol. The monoisotopic (exact) mass is 1310 g/mol. The zero-order valence-electron chi connectivity index (χ0n) is 54.0. The Kier molecular flexibility index (Phi) is 26.4. The van der Waals surface area contributed by atoms with E-state index in [1.54, 1.807) is 30.0 Å². The van der Waals surface area contributed by atoms with Crippen LogP contribution in [-0.2, 0) is 61.0 Å². The van der Waals surface area contributed by atoms with Gasteiger partial charge >= 0.3 is 0 Å². The Morgan fingerprint density at radius 1 is 0.645 bits per heavy atom. The maximum absolute atomic E-state index is 14.3. The van der Waals surface area contributed by atoms with E-state index in [-0.39, 0.29) is 96.4 Å². The summed E-state index contributed by atoms with van der Waals surface area (Å²) in [6.45, 7) is 15.2. The minimum atomic E-state index is -1.74. The first kappa shape index (κ1) is 72.5. The first-order chi connectivity index (χ1) is 44.6. The molecule has 0 unspecified atom stereocenters. The Morgan fingerprint density at radius 3 is 1.83 bits per heavy atom. The van der Waals surface area contributed by atoms with E-state index in [1.165, 1.54) is 50.0 Å². The molecule has 93 heavy (non-hydrogen) atoms. The number of amides is 2. The Morgan fingerprint density at radius 2 is 1.25 bits per heavy atom. The highest BCUT2D eigenvalue weighted by Crippen LogP contribution is 2.41. The van der Waals surface area contributed by atoms with Crippen LogP contribution in [0.15, 0.2) is 54.6 Å². The molecule has 10 N–H and O–H groups in total. The van der Waals surface area contributed by atoms with Crippen LogP contribution in [0.3, 0.4) is 0 Å². The summed E-state index contributed by atoms with van der Waals surface area (Å²) in [5.41, 5.74) is 4.68. The van der Waals surface area contributed by atoms with Crippen LogP contribution in [0.25, 0.3) is 0 Å². The molecular weight excluding hydrogens is 1210 g/mol. The van der Waals surface area contributed by atoms with Gasteiger partial charge in [-0.15, -0.1) is 0 Å². The number of ketones is 1. The first-order valence-corrected chi connectivity index (χ1v) is 31.5. The van der Waals surface area contributed by atoms with Crippen LogP contribution in [0.1, 0.15) is 86.3 Å². The number of phenols is 2. The SMILES string of the molecule is CC(C)c1cc(C(=O)N2Cc3ccc(CN4CCN(C)CC4)cc3C2)c(O)cc1O[C@@H]1O[C@H](CO)[C@H](O)[C@H](O)[C@H]1O.CCc1c(O[C@@H]2O[C@H](CO)[C@H](O)[C@H](O)[C@H]2O)cc(O)c(C(=O)c2ccc(OCCN3CCOCC3)c(OC)c2)c1CC(=O)N(CCOC)CCOC. The second-order valence-corrected chi connectivity index (χ2v) is 24.2. The van der Waals surface area contributed by atoms with Gasteiger partial charge in [0.15, 0.2) is 17.3 Å². The average Bonchev–Trinajstić information content (AvgIpc) is 1.33. The van der Waals surface area contributed by atoms with Crippen LogP contribution in [-0.4, -0.2) is 288 Å². The van der Waals surface area contributed by atoms with Crippen molar-refractivity contribution in [1.29, 1.82) is 0 Å². The smallest absolute Gasteiger partial charge is 0.258 e. The van der Waals surface area contributed by atoms with E-state index in [0.29, 0.717) is 62.1 Å². The molecule has 4 aromatic rings. The van der Waals surface area contributed by atoms with Crippen molar-refractivity contribution in [3.63, 3.8) is 0 Å². The molecule has 0 radical (unpaired) electrons. The summed E-state index contributed by atoms with van der Waals surface area (Å²) in [6, 6.07) is 15.1. The number of hydrogen-bond acceptors (Lipinski definition) is 25. The number of phenolic OH excluding ortho intramolecular Hbond substituents is 2. The van der Waals surface area contributed by atoms with Gasteiger partial charge < -0.3 is 108 Å². The van der Waals surface area contributed by atoms with Crippen molar-refractivity contribution >= 4 is 17.6 Å². The lowest BCUT2D eigenvalue weighted by Gasteiger charge is -2.40.